The van der Waals surface area contributed by atoms with Gasteiger partial charge in [0, 0.05) is 13.2 Å². The van der Waals surface area contributed by atoms with Crippen LogP contribution in [0.15, 0.2) is 0 Å². The number of likely N-dealkylation sites (N-methyl/N-ethyl adjacent to an activating group) is 1. The third-order valence-corrected chi connectivity index (χ3v) is 3.45. The van der Waals surface area contributed by atoms with Gasteiger partial charge < -0.3 is 15.0 Å². The molecule has 0 spiro atoms. The van der Waals surface area contributed by atoms with E-state index in [-0.39, 0.29) is 0 Å². The molecule has 0 aliphatic carbocycles. The topological polar surface area (TPSA) is 24.5 Å². The zero-order valence-electron chi connectivity index (χ0n) is 11.0. The number of rotatable bonds is 9. The zero-order valence-corrected chi connectivity index (χ0v) is 11.0. The first-order valence-electron chi connectivity index (χ1n) is 6.87. The maximum absolute atomic E-state index is 5.39. The van der Waals surface area contributed by atoms with Crippen molar-refractivity contribution in [3.05, 3.63) is 0 Å². The van der Waals surface area contributed by atoms with Crippen LogP contribution in [0.3, 0.4) is 0 Å². The molecule has 1 heterocycles. The molecule has 3 heteroatoms. The van der Waals surface area contributed by atoms with Gasteiger partial charge in [-0.1, -0.05) is 6.92 Å². The molecule has 3 nitrogen and oxygen atoms in total. The van der Waals surface area contributed by atoms with Gasteiger partial charge >= 0.3 is 0 Å². The molecule has 1 aliphatic rings. The molecule has 1 saturated heterocycles. The number of hydrogen-bond donors (Lipinski definition) is 1. The van der Waals surface area contributed by atoms with E-state index >= 15 is 0 Å². The van der Waals surface area contributed by atoms with Gasteiger partial charge in [0.05, 0.1) is 6.61 Å². The summed E-state index contributed by atoms with van der Waals surface area (Å²) in [5.41, 5.74) is 0. The molecule has 1 aliphatic heterocycles. The lowest BCUT2D eigenvalue weighted by Gasteiger charge is -2.20. The van der Waals surface area contributed by atoms with Gasteiger partial charge in [-0.15, -0.1) is 0 Å². The van der Waals surface area contributed by atoms with Gasteiger partial charge in [-0.05, 0) is 58.3 Å². The van der Waals surface area contributed by atoms with Crippen molar-refractivity contribution in [3.63, 3.8) is 0 Å². The van der Waals surface area contributed by atoms with Crippen molar-refractivity contribution < 1.29 is 4.74 Å². The molecular weight excluding hydrogens is 200 g/mol. The SMILES string of the molecule is CCOCCN(CC)CCCC1CCNC1. The minimum absolute atomic E-state index is 0.839. The van der Waals surface area contributed by atoms with E-state index in [4.69, 9.17) is 4.74 Å². The second kappa shape index (κ2) is 8.97. The first-order chi connectivity index (χ1) is 7.86. The summed E-state index contributed by atoms with van der Waals surface area (Å²) in [6.45, 7) is 12.0. The summed E-state index contributed by atoms with van der Waals surface area (Å²) >= 11 is 0. The van der Waals surface area contributed by atoms with Crippen LogP contribution in [-0.2, 0) is 4.74 Å². The maximum Gasteiger partial charge on any atom is 0.0593 e. The van der Waals surface area contributed by atoms with E-state index in [9.17, 15) is 0 Å². The Morgan fingerprint density at radius 1 is 1.31 bits per heavy atom. The first kappa shape index (κ1) is 13.9. The molecule has 0 aromatic heterocycles. The summed E-state index contributed by atoms with van der Waals surface area (Å²) < 4.78 is 5.39. The molecule has 1 atom stereocenters. The zero-order chi connectivity index (χ0) is 11.6. The summed E-state index contributed by atoms with van der Waals surface area (Å²) in [4.78, 5) is 2.50. The molecule has 1 N–H and O–H groups in total. The molecule has 0 saturated carbocycles. The van der Waals surface area contributed by atoms with Crippen LogP contribution >= 0.6 is 0 Å². The molecule has 1 unspecified atom stereocenters. The van der Waals surface area contributed by atoms with Crippen LogP contribution in [0, 0.1) is 5.92 Å². The minimum Gasteiger partial charge on any atom is -0.380 e. The molecule has 1 fully saturated rings. The van der Waals surface area contributed by atoms with Crippen LogP contribution in [0.5, 0.6) is 0 Å². The molecule has 96 valence electrons. The summed E-state index contributed by atoms with van der Waals surface area (Å²) in [5.74, 6) is 0.936. The Hall–Kier alpha value is -0.120. The van der Waals surface area contributed by atoms with E-state index in [0.29, 0.717) is 0 Å². The number of nitrogens with zero attached hydrogens (tertiary/aromatic N) is 1. The number of nitrogens with one attached hydrogen (secondary N) is 1. The molecule has 0 aromatic carbocycles. The number of hydrogen-bond acceptors (Lipinski definition) is 3. The van der Waals surface area contributed by atoms with Gasteiger partial charge in [-0.3, -0.25) is 0 Å². The predicted octanol–water partition coefficient (Wildman–Crippen LogP) is 1.73. The Balaban J connectivity index is 1.99. The fraction of sp³-hybridized carbons (Fsp3) is 1.00. The Bertz CT molecular complexity index is 158. The van der Waals surface area contributed by atoms with Crippen molar-refractivity contribution in [1.82, 2.24) is 10.2 Å². The van der Waals surface area contributed by atoms with Gasteiger partial charge in [0.2, 0.25) is 0 Å². The third kappa shape index (κ3) is 5.83. The molecule has 0 amide bonds. The maximum atomic E-state index is 5.39. The normalized spacial score (nSPS) is 20.8. The van der Waals surface area contributed by atoms with Gasteiger partial charge in [-0.25, -0.2) is 0 Å². The average Bonchev–Trinajstić information content (AvgIpc) is 2.80. The summed E-state index contributed by atoms with van der Waals surface area (Å²) in [6.07, 6.45) is 4.11. The van der Waals surface area contributed by atoms with Crippen LogP contribution in [0.2, 0.25) is 0 Å². The lowest BCUT2D eigenvalue weighted by Crippen LogP contribution is -2.29. The van der Waals surface area contributed by atoms with Gasteiger partial charge in [0.1, 0.15) is 0 Å². The molecule has 0 radical (unpaired) electrons. The fourth-order valence-electron chi connectivity index (χ4n) is 2.33. The van der Waals surface area contributed by atoms with Crippen molar-refractivity contribution >= 4 is 0 Å². The Labute approximate surface area is 101 Å². The van der Waals surface area contributed by atoms with E-state index in [2.05, 4.69) is 24.1 Å². The molecule has 0 bridgehead atoms. The Kier molecular flexibility index (Phi) is 7.81. The predicted molar refractivity (Wildman–Crippen MR) is 68.8 cm³/mol. The average molecular weight is 228 g/mol. The van der Waals surface area contributed by atoms with Crippen molar-refractivity contribution in [2.45, 2.75) is 33.1 Å². The largest absolute Gasteiger partial charge is 0.380 e. The highest BCUT2D eigenvalue weighted by Crippen LogP contribution is 2.14. The highest BCUT2D eigenvalue weighted by atomic mass is 16.5. The van der Waals surface area contributed by atoms with Crippen molar-refractivity contribution in [3.8, 4) is 0 Å². The quantitative estimate of drug-likeness (QED) is 0.608. The van der Waals surface area contributed by atoms with Crippen LogP contribution in [0.4, 0.5) is 0 Å². The summed E-state index contributed by atoms with van der Waals surface area (Å²) in [7, 11) is 0. The smallest absolute Gasteiger partial charge is 0.0593 e. The van der Waals surface area contributed by atoms with Gasteiger partial charge in [0.15, 0.2) is 0 Å². The molecule has 16 heavy (non-hydrogen) atoms. The van der Waals surface area contributed by atoms with Crippen molar-refractivity contribution in [2.24, 2.45) is 5.92 Å². The van der Waals surface area contributed by atoms with Gasteiger partial charge in [-0.2, -0.15) is 0 Å². The van der Waals surface area contributed by atoms with Crippen molar-refractivity contribution in [1.29, 1.82) is 0 Å². The van der Waals surface area contributed by atoms with E-state index in [1.165, 1.54) is 38.9 Å². The van der Waals surface area contributed by atoms with Crippen LogP contribution in [0.25, 0.3) is 0 Å². The van der Waals surface area contributed by atoms with Crippen LogP contribution < -0.4 is 5.32 Å². The lowest BCUT2D eigenvalue weighted by atomic mass is 10.0. The van der Waals surface area contributed by atoms with Crippen LogP contribution in [0.1, 0.15) is 33.1 Å². The molecule has 1 rings (SSSR count). The highest BCUT2D eigenvalue weighted by Gasteiger charge is 2.14. The number of ether oxygens (including phenoxy) is 1. The van der Waals surface area contributed by atoms with Crippen molar-refractivity contribution in [2.75, 3.05) is 45.9 Å². The molecular formula is C13H28N2O. The summed E-state index contributed by atoms with van der Waals surface area (Å²) in [5, 5.41) is 3.43. The molecule has 0 aromatic rings. The second-order valence-electron chi connectivity index (χ2n) is 4.63. The first-order valence-corrected chi connectivity index (χ1v) is 6.87. The van der Waals surface area contributed by atoms with Gasteiger partial charge in [0.25, 0.3) is 0 Å². The summed E-state index contributed by atoms with van der Waals surface area (Å²) in [6, 6.07) is 0. The Morgan fingerprint density at radius 2 is 2.19 bits per heavy atom. The lowest BCUT2D eigenvalue weighted by molar-refractivity contribution is 0.114. The van der Waals surface area contributed by atoms with E-state index in [1.807, 2.05) is 0 Å². The highest BCUT2D eigenvalue weighted by molar-refractivity contribution is 4.71. The van der Waals surface area contributed by atoms with E-state index < -0.39 is 0 Å². The van der Waals surface area contributed by atoms with E-state index in [0.717, 1.165) is 32.2 Å². The van der Waals surface area contributed by atoms with Crippen LogP contribution in [-0.4, -0.2) is 50.8 Å². The fourth-order valence-corrected chi connectivity index (χ4v) is 2.33. The monoisotopic (exact) mass is 228 g/mol. The third-order valence-electron chi connectivity index (χ3n) is 3.45. The second-order valence-corrected chi connectivity index (χ2v) is 4.63. The standard InChI is InChI=1S/C13H28N2O/c1-3-15(10-11-16-4-2)9-5-6-13-7-8-14-12-13/h13-14H,3-12H2,1-2H3. The Morgan fingerprint density at radius 3 is 2.81 bits per heavy atom. The van der Waals surface area contributed by atoms with E-state index in [1.54, 1.807) is 0 Å². The minimum atomic E-state index is 0.839.